The first-order chi connectivity index (χ1) is 9.63. The number of nitrogens with zero attached hydrogens (tertiary/aromatic N) is 2. The molecule has 0 saturated carbocycles. The van der Waals surface area contributed by atoms with Crippen LogP contribution in [-0.2, 0) is 0 Å². The van der Waals surface area contributed by atoms with Gasteiger partial charge in [0.1, 0.15) is 5.82 Å². The Morgan fingerprint density at radius 1 is 1.36 bits per heavy atom. The van der Waals surface area contributed by atoms with Crippen molar-refractivity contribution in [3.05, 3.63) is 39.7 Å². The lowest BCUT2D eigenvalue weighted by Crippen LogP contribution is -2.45. The summed E-state index contributed by atoms with van der Waals surface area (Å²) in [6, 6.07) is 3.89. The van der Waals surface area contributed by atoms with Crippen molar-refractivity contribution >= 4 is 30.5 Å². The summed E-state index contributed by atoms with van der Waals surface area (Å²) in [6.45, 7) is 5.55. The van der Waals surface area contributed by atoms with E-state index >= 15 is 0 Å². The molecular formula is C14H22Cl2FN3O2. The average molecular weight is 354 g/mol. The second kappa shape index (κ2) is 9.94. The van der Waals surface area contributed by atoms with Gasteiger partial charge in [-0.3, -0.25) is 15.0 Å². The van der Waals surface area contributed by atoms with E-state index in [2.05, 4.69) is 17.1 Å². The van der Waals surface area contributed by atoms with Gasteiger partial charge in [-0.1, -0.05) is 13.3 Å². The molecule has 5 nitrogen and oxygen atoms in total. The minimum atomic E-state index is -0.559. The Morgan fingerprint density at radius 3 is 2.55 bits per heavy atom. The van der Waals surface area contributed by atoms with E-state index in [4.69, 9.17) is 0 Å². The zero-order chi connectivity index (χ0) is 14.5. The molecule has 0 aromatic heterocycles. The summed E-state index contributed by atoms with van der Waals surface area (Å²) in [5, 5.41) is 14.4. The summed E-state index contributed by atoms with van der Waals surface area (Å²) in [5.74, 6) is -0.559. The van der Waals surface area contributed by atoms with Gasteiger partial charge in [0.05, 0.1) is 11.0 Å². The van der Waals surface area contributed by atoms with Crippen molar-refractivity contribution in [1.82, 2.24) is 10.2 Å². The maximum Gasteiger partial charge on any atom is 0.277 e. The molecule has 1 N–H and O–H groups in total. The Labute approximate surface area is 142 Å². The van der Waals surface area contributed by atoms with Gasteiger partial charge in [-0.05, 0) is 18.6 Å². The van der Waals surface area contributed by atoms with Gasteiger partial charge in [-0.15, -0.1) is 24.8 Å². The van der Waals surface area contributed by atoms with Crippen LogP contribution in [-0.4, -0.2) is 36.0 Å². The van der Waals surface area contributed by atoms with E-state index < -0.39 is 10.7 Å². The number of piperazine rings is 1. The van der Waals surface area contributed by atoms with Crippen molar-refractivity contribution in [2.24, 2.45) is 0 Å². The largest absolute Gasteiger partial charge is 0.314 e. The second-order valence-electron chi connectivity index (χ2n) is 5.05. The van der Waals surface area contributed by atoms with E-state index in [1.165, 1.54) is 6.07 Å². The lowest BCUT2D eigenvalue weighted by atomic mass is 9.98. The Hall–Kier alpha value is -0.950. The van der Waals surface area contributed by atoms with E-state index in [1.807, 2.05) is 0 Å². The van der Waals surface area contributed by atoms with Crippen LogP contribution in [0, 0.1) is 15.9 Å². The molecule has 0 bridgehead atoms. The Kier molecular flexibility index (Phi) is 9.51. The number of benzene rings is 1. The molecule has 0 amide bonds. The molecule has 1 heterocycles. The minimum Gasteiger partial charge on any atom is -0.314 e. The monoisotopic (exact) mass is 353 g/mol. The molecule has 0 spiro atoms. The number of nitrogens with one attached hydrogen (secondary N) is 1. The lowest BCUT2D eigenvalue weighted by Gasteiger charge is -2.35. The van der Waals surface area contributed by atoms with Gasteiger partial charge in [0, 0.05) is 37.8 Å². The van der Waals surface area contributed by atoms with Gasteiger partial charge in [-0.2, -0.15) is 0 Å². The summed E-state index contributed by atoms with van der Waals surface area (Å²) in [7, 11) is 0. The third-order valence-corrected chi connectivity index (χ3v) is 3.70. The molecule has 8 heteroatoms. The van der Waals surface area contributed by atoms with Crippen molar-refractivity contribution in [1.29, 1.82) is 0 Å². The van der Waals surface area contributed by atoms with E-state index in [-0.39, 0.29) is 36.5 Å². The van der Waals surface area contributed by atoms with E-state index in [0.717, 1.165) is 45.1 Å². The first-order valence-electron chi connectivity index (χ1n) is 7.02. The van der Waals surface area contributed by atoms with Gasteiger partial charge in [0.15, 0.2) is 0 Å². The highest BCUT2D eigenvalue weighted by molar-refractivity contribution is 5.85. The summed E-state index contributed by atoms with van der Waals surface area (Å²) >= 11 is 0. The fourth-order valence-corrected chi connectivity index (χ4v) is 2.76. The van der Waals surface area contributed by atoms with Crippen LogP contribution in [0.3, 0.4) is 0 Å². The van der Waals surface area contributed by atoms with E-state index in [1.54, 1.807) is 6.07 Å². The molecule has 0 radical (unpaired) electrons. The van der Waals surface area contributed by atoms with Crippen LogP contribution in [0.25, 0.3) is 0 Å². The van der Waals surface area contributed by atoms with Crippen molar-refractivity contribution in [3.8, 4) is 0 Å². The van der Waals surface area contributed by atoms with E-state index in [9.17, 15) is 14.5 Å². The highest BCUT2D eigenvalue weighted by Gasteiger charge is 2.27. The molecule has 1 aromatic rings. The first-order valence-corrected chi connectivity index (χ1v) is 7.02. The summed E-state index contributed by atoms with van der Waals surface area (Å²) in [4.78, 5) is 12.9. The van der Waals surface area contributed by atoms with Crippen LogP contribution in [0.15, 0.2) is 18.2 Å². The molecule has 2 rings (SSSR count). The fraction of sp³-hybridized carbons (Fsp3) is 0.571. The Balaban J connectivity index is 0.00000220. The van der Waals surface area contributed by atoms with Crippen molar-refractivity contribution < 1.29 is 9.31 Å². The SMILES string of the molecule is CCC[C@@H](c1ccc(F)cc1[N+](=O)[O-])N1CCNCC1.Cl.Cl. The normalized spacial score (nSPS) is 16.3. The van der Waals surface area contributed by atoms with Crippen LogP contribution in [0.1, 0.15) is 31.4 Å². The van der Waals surface area contributed by atoms with Crippen LogP contribution in [0.4, 0.5) is 10.1 Å². The molecular weight excluding hydrogens is 332 g/mol. The molecule has 0 unspecified atom stereocenters. The number of nitro groups is 1. The van der Waals surface area contributed by atoms with E-state index in [0.29, 0.717) is 5.56 Å². The Morgan fingerprint density at radius 2 is 2.00 bits per heavy atom. The standard InChI is InChI=1S/C14H20FN3O2.2ClH/c1-2-3-13(17-8-6-16-7-9-17)12-5-4-11(15)10-14(12)18(19)20;;/h4-5,10,13,16H,2-3,6-9H2,1H3;2*1H/t13-;;/m0../s1. The maximum absolute atomic E-state index is 13.3. The topological polar surface area (TPSA) is 58.4 Å². The third kappa shape index (κ3) is 5.05. The number of rotatable bonds is 5. The van der Waals surface area contributed by atoms with Gasteiger partial charge in [0.25, 0.3) is 5.69 Å². The second-order valence-corrected chi connectivity index (χ2v) is 5.05. The molecule has 1 saturated heterocycles. The zero-order valence-corrected chi connectivity index (χ0v) is 14.1. The molecule has 22 heavy (non-hydrogen) atoms. The van der Waals surface area contributed by atoms with Gasteiger partial charge < -0.3 is 5.32 Å². The fourth-order valence-electron chi connectivity index (χ4n) is 2.76. The molecule has 1 aliphatic heterocycles. The van der Waals surface area contributed by atoms with Crippen LogP contribution in [0.2, 0.25) is 0 Å². The number of halogens is 3. The quantitative estimate of drug-likeness (QED) is 0.651. The number of hydrogen-bond acceptors (Lipinski definition) is 4. The van der Waals surface area contributed by atoms with Crippen molar-refractivity contribution in [2.45, 2.75) is 25.8 Å². The van der Waals surface area contributed by atoms with Crippen LogP contribution < -0.4 is 5.32 Å². The van der Waals surface area contributed by atoms with Gasteiger partial charge in [0.2, 0.25) is 0 Å². The first kappa shape index (κ1) is 21.0. The van der Waals surface area contributed by atoms with Crippen molar-refractivity contribution in [2.75, 3.05) is 26.2 Å². The van der Waals surface area contributed by atoms with Crippen LogP contribution >= 0.6 is 24.8 Å². The summed E-state index contributed by atoms with van der Waals surface area (Å²) in [6.07, 6.45) is 1.77. The predicted octanol–water partition coefficient (Wildman–Crippen LogP) is 3.32. The molecule has 1 aliphatic rings. The molecule has 126 valence electrons. The summed E-state index contributed by atoms with van der Waals surface area (Å²) in [5.41, 5.74) is 0.516. The minimum absolute atomic E-state index is 0. The predicted molar refractivity (Wildman–Crippen MR) is 89.6 cm³/mol. The van der Waals surface area contributed by atoms with Gasteiger partial charge >= 0.3 is 0 Å². The Bertz CT molecular complexity index is 485. The number of nitro benzene ring substituents is 1. The highest BCUT2D eigenvalue weighted by Crippen LogP contribution is 2.33. The zero-order valence-electron chi connectivity index (χ0n) is 12.5. The highest BCUT2D eigenvalue weighted by atomic mass is 35.5. The van der Waals surface area contributed by atoms with Crippen molar-refractivity contribution in [3.63, 3.8) is 0 Å². The smallest absolute Gasteiger partial charge is 0.277 e. The molecule has 1 atom stereocenters. The maximum atomic E-state index is 13.3. The molecule has 0 aliphatic carbocycles. The van der Waals surface area contributed by atoms with Crippen LogP contribution in [0.5, 0.6) is 0 Å². The van der Waals surface area contributed by atoms with Gasteiger partial charge in [-0.25, -0.2) is 4.39 Å². The average Bonchev–Trinajstić information content (AvgIpc) is 2.46. The lowest BCUT2D eigenvalue weighted by molar-refractivity contribution is -0.386. The number of hydrogen-bond donors (Lipinski definition) is 1. The molecule has 1 aromatic carbocycles. The third-order valence-electron chi connectivity index (χ3n) is 3.70. The summed E-state index contributed by atoms with van der Waals surface area (Å²) < 4.78 is 13.3. The molecule has 1 fully saturated rings.